The molecule has 1 aliphatic rings. The first-order chi connectivity index (χ1) is 16.0. The number of imidazole rings is 1. The van der Waals surface area contributed by atoms with Gasteiger partial charge < -0.3 is 0 Å². The van der Waals surface area contributed by atoms with E-state index in [1.165, 1.54) is 11.1 Å². The van der Waals surface area contributed by atoms with Gasteiger partial charge in [0.25, 0.3) is 0 Å². The monoisotopic (exact) mass is 554 g/mol. The molecule has 3 aromatic heterocycles. The van der Waals surface area contributed by atoms with E-state index in [9.17, 15) is 3.44 Å². The standard InChI is InChI=1S/C25H27IN6O/c1-18-7-9-23(30-29-18)22-8-10-25-28-24(15-32(25)14-22)19(2)27-16-26(33)17-31-12-11-20-5-3-4-6-21(20)13-31/h3-10,14-15,27,33H,2,11-13,16-17H2,1H3. The quantitative estimate of drug-likeness (QED) is 0.204. The summed E-state index contributed by atoms with van der Waals surface area (Å²) in [5.74, 6) is 0. The van der Waals surface area contributed by atoms with Crippen molar-refractivity contribution in [3.8, 4) is 11.3 Å². The molecule has 4 aromatic rings. The van der Waals surface area contributed by atoms with Crippen molar-refractivity contribution in [1.29, 1.82) is 0 Å². The van der Waals surface area contributed by atoms with E-state index in [2.05, 4.69) is 56.2 Å². The maximum absolute atomic E-state index is 10.7. The molecule has 0 amide bonds. The summed E-state index contributed by atoms with van der Waals surface area (Å²) in [6.45, 7) is 8.00. The van der Waals surface area contributed by atoms with E-state index in [1.807, 2.05) is 48.0 Å². The predicted octanol–water partition coefficient (Wildman–Crippen LogP) is 4.05. The molecular formula is C25H27IN6O. The molecule has 0 unspecified atom stereocenters. The van der Waals surface area contributed by atoms with Gasteiger partial charge in [-0.05, 0) is 6.92 Å². The number of alkyl halides is 2. The SMILES string of the molecule is C=C(NCI(O)CN1CCc2ccccc2C1)c1cn2cc(-c3ccc(C)nn3)ccc2n1. The van der Waals surface area contributed by atoms with E-state index >= 15 is 0 Å². The van der Waals surface area contributed by atoms with Crippen molar-refractivity contribution in [3.63, 3.8) is 0 Å². The van der Waals surface area contributed by atoms with Crippen molar-refractivity contribution in [2.45, 2.75) is 19.9 Å². The fraction of sp³-hybridized carbons (Fsp3) is 0.240. The summed E-state index contributed by atoms with van der Waals surface area (Å²) in [6.07, 6.45) is 5.00. The zero-order valence-electron chi connectivity index (χ0n) is 18.6. The topological polar surface area (TPSA) is 78.6 Å². The molecule has 0 radical (unpaired) electrons. The second-order valence-corrected chi connectivity index (χ2v) is 12.2. The van der Waals surface area contributed by atoms with Gasteiger partial charge in [0.1, 0.15) is 0 Å². The number of halogens is 1. The van der Waals surface area contributed by atoms with Crippen LogP contribution in [0.1, 0.15) is 22.5 Å². The van der Waals surface area contributed by atoms with E-state index < -0.39 is 20.2 Å². The van der Waals surface area contributed by atoms with Gasteiger partial charge in [0.2, 0.25) is 0 Å². The van der Waals surface area contributed by atoms with Gasteiger partial charge >= 0.3 is 195 Å². The molecule has 0 saturated carbocycles. The number of nitrogens with one attached hydrogen (secondary N) is 1. The van der Waals surface area contributed by atoms with E-state index in [4.69, 9.17) is 0 Å². The average Bonchev–Trinajstić information content (AvgIpc) is 3.26. The zero-order valence-corrected chi connectivity index (χ0v) is 20.7. The number of pyridine rings is 1. The summed E-state index contributed by atoms with van der Waals surface area (Å²) in [5, 5.41) is 11.7. The second-order valence-electron chi connectivity index (χ2n) is 8.28. The molecule has 1 aromatic carbocycles. The van der Waals surface area contributed by atoms with Gasteiger partial charge in [0.15, 0.2) is 0 Å². The second kappa shape index (κ2) is 9.58. The minimum absolute atomic E-state index is 0.582. The average molecular weight is 554 g/mol. The first kappa shape index (κ1) is 22.0. The summed E-state index contributed by atoms with van der Waals surface area (Å²) in [4.78, 5) is 7.04. The Morgan fingerprint density at radius 3 is 2.76 bits per heavy atom. The third-order valence-corrected chi connectivity index (χ3v) is 8.82. The Hall–Kier alpha value is -2.82. The Balaban J connectivity index is 1.19. The van der Waals surface area contributed by atoms with Crippen LogP contribution in [0.25, 0.3) is 22.6 Å². The van der Waals surface area contributed by atoms with Crippen molar-refractivity contribution in [2.24, 2.45) is 0 Å². The summed E-state index contributed by atoms with van der Waals surface area (Å²) in [5.41, 5.74) is 7.85. The third kappa shape index (κ3) is 5.07. The van der Waals surface area contributed by atoms with Gasteiger partial charge in [-0.2, -0.15) is 0 Å². The number of hydrogen-bond acceptors (Lipinski definition) is 6. The number of benzene rings is 1. The van der Waals surface area contributed by atoms with E-state index in [0.717, 1.165) is 58.1 Å². The fourth-order valence-electron chi connectivity index (χ4n) is 3.98. The molecule has 5 rings (SSSR count). The molecule has 170 valence electrons. The van der Waals surface area contributed by atoms with E-state index in [-0.39, 0.29) is 0 Å². The fourth-order valence-corrected chi connectivity index (χ4v) is 6.82. The van der Waals surface area contributed by atoms with E-state index in [1.54, 1.807) is 0 Å². The van der Waals surface area contributed by atoms with Crippen LogP contribution < -0.4 is 5.32 Å². The van der Waals surface area contributed by atoms with Crippen LogP contribution in [0.15, 0.2) is 67.5 Å². The van der Waals surface area contributed by atoms with Crippen LogP contribution in [0.5, 0.6) is 0 Å². The molecule has 0 fully saturated rings. The van der Waals surface area contributed by atoms with Gasteiger partial charge in [-0.1, -0.05) is 0 Å². The van der Waals surface area contributed by atoms with Gasteiger partial charge in [0.05, 0.1) is 0 Å². The summed E-state index contributed by atoms with van der Waals surface area (Å²) in [7, 11) is 0. The number of aromatic nitrogens is 4. The number of aryl methyl sites for hydroxylation is 1. The Labute approximate surface area is 201 Å². The first-order valence-electron chi connectivity index (χ1n) is 10.9. The molecule has 0 bridgehead atoms. The number of rotatable bonds is 7. The van der Waals surface area contributed by atoms with Crippen molar-refractivity contribution in [2.75, 3.05) is 15.6 Å². The van der Waals surface area contributed by atoms with Crippen LogP contribution in [0.2, 0.25) is 0 Å². The van der Waals surface area contributed by atoms with Crippen LogP contribution in [0.4, 0.5) is 0 Å². The molecule has 0 aliphatic carbocycles. The number of nitrogens with zero attached hydrogens (tertiary/aromatic N) is 5. The van der Waals surface area contributed by atoms with Crippen LogP contribution >= 0.6 is 20.2 Å². The molecule has 7 nitrogen and oxygen atoms in total. The van der Waals surface area contributed by atoms with Crippen molar-refractivity contribution in [3.05, 3.63) is 90.0 Å². The molecule has 33 heavy (non-hydrogen) atoms. The molecule has 1 aliphatic heterocycles. The number of hydrogen-bond donors (Lipinski definition) is 2. The molecule has 0 saturated heterocycles. The van der Waals surface area contributed by atoms with Gasteiger partial charge in [-0.15, -0.1) is 0 Å². The van der Waals surface area contributed by atoms with E-state index in [0.29, 0.717) is 4.55 Å². The van der Waals surface area contributed by atoms with Crippen LogP contribution in [-0.2, 0) is 13.0 Å². The Morgan fingerprint density at radius 2 is 1.94 bits per heavy atom. The molecule has 0 atom stereocenters. The predicted molar refractivity (Wildman–Crippen MR) is 140 cm³/mol. The molecular weight excluding hydrogens is 527 g/mol. The van der Waals surface area contributed by atoms with Crippen LogP contribution in [0, 0.1) is 6.92 Å². The first-order valence-corrected chi connectivity index (χ1v) is 14.9. The Bertz CT molecular complexity index is 1290. The van der Waals surface area contributed by atoms with Gasteiger partial charge in [0, 0.05) is 0 Å². The van der Waals surface area contributed by atoms with Crippen LogP contribution in [-0.4, -0.2) is 43.6 Å². The molecule has 2 N–H and O–H groups in total. The molecule has 8 heteroatoms. The van der Waals surface area contributed by atoms with Crippen molar-refractivity contribution in [1.82, 2.24) is 29.8 Å². The molecule has 0 spiro atoms. The summed E-state index contributed by atoms with van der Waals surface area (Å²) in [6, 6.07) is 16.5. The normalized spacial score (nSPS) is 14.2. The number of fused-ring (bicyclic) bond motifs is 2. The van der Waals surface area contributed by atoms with Crippen molar-refractivity contribution >= 4 is 31.6 Å². The maximum atomic E-state index is 10.7. The Morgan fingerprint density at radius 1 is 1.09 bits per heavy atom. The van der Waals surface area contributed by atoms with Crippen molar-refractivity contribution < 1.29 is 3.44 Å². The summed E-state index contributed by atoms with van der Waals surface area (Å²) < 4.78 is 14.1. The molecule has 4 heterocycles. The zero-order chi connectivity index (χ0) is 22.8. The minimum atomic E-state index is -2.14. The van der Waals surface area contributed by atoms with Gasteiger partial charge in [-0.25, -0.2) is 0 Å². The third-order valence-electron chi connectivity index (χ3n) is 5.81. The summed E-state index contributed by atoms with van der Waals surface area (Å²) >= 11 is -2.14. The van der Waals surface area contributed by atoms with Gasteiger partial charge in [-0.3, -0.25) is 0 Å². The van der Waals surface area contributed by atoms with Crippen LogP contribution in [0.3, 0.4) is 0 Å². The Kier molecular flexibility index (Phi) is 6.39.